The molecule has 0 aliphatic carbocycles. The first-order chi connectivity index (χ1) is 17.8. The van der Waals surface area contributed by atoms with Crippen molar-refractivity contribution in [3.63, 3.8) is 0 Å². The number of hydrogen-bond donors (Lipinski definition) is 1. The first-order valence-corrected chi connectivity index (χ1v) is 13.2. The Morgan fingerprint density at radius 2 is 1.81 bits per heavy atom. The average molecular weight is 538 g/mol. The van der Waals surface area contributed by atoms with E-state index in [4.69, 9.17) is 12.2 Å². The van der Waals surface area contributed by atoms with Crippen LogP contribution >= 0.6 is 24.0 Å². The molecule has 0 spiro atoms. The Balaban J connectivity index is 1.79. The Hall–Kier alpha value is -3.62. The lowest BCUT2D eigenvalue weighted by Crippen LogP contribution is -2.48. The molecule has 0 bridgehead atoms. The number of anilines is 2. The van der Waals surface area contributed by atoms with Crippen molar-refractivity contribution >= 4 is 57.8 Å². The number of aliphatic carboxylic acids is 1. The van der Waals surface area contributed by atoms with Crippen LogP contribution < -0.4 is 15.4 Å². The van der Waals surface area contributed by atoms with Crippen LogP contribution in [0.25, 0.3) is 6.08 Å². The van der Waals surface area contributed by atoms with Crippen LogP contribution in [0.15, 0.2) is 40.0 Å². The summed E-state index contributed by atoms with van der Waals surface area (Å²) in [6.07, 6.45) is 2.34. The summed E-state index contributed by atoms with van der Waals surface area (Å²) in [5.74, 6) is -0.989. The van der Waals surface area contributed by atoms with Crippen LogP contribution in [0.1, 0.15) is 30.0 Å². The average Bonchev–Trinajstić information content (AvgIpc) is 3.15. The summed E-state index contributed by atoms with van der Waals surface area (Å²) in [5.41, 5.74) is 1.91. The Labute approximate surface area is 224 Å². The maximum Gasteiger partial charge on any atom is 0.323 e. The summed E-state index contributed by atoms with van der Waals surface area (Å²) in [5, 5.41) is 19.0. The summed E-state index contributed by atoms with van der Waals surface area (Å²) in [6, 6.07) is 12.2. The molecule has 11 heteroatoms. The standard InChI is InChI=1S/C26H27N5O4S2/c1-3-9-30-23(29-12-10-28(11-13-29)18-7-5-4-6-8-18)19(17(2)20(15-27)24(30)34)14-21-25(35)31(16-22(32)33)26(36)37-21/h4-8,14H,3,9-13,16H2,1-2H3,(H,32,33). The lowest BCUT2D eigenvalue weighted by molar-refractivity contribution is -0.140. The van der Waals surface area contributed by atoms with E-state index in [0.717, 1.165) is 35.4 Å². The third kappa shape index (κ3) is 5.26. The van der Waals surface area contributed by atoms with Crippen LogP contribution in [-0.4, -0.2) is 63.5 Å². The molecule has 0 atom stereocenters. The second-order valence-corrected chi connectivity index (χ2v) is 10.5. The van der Waals surface area contributed by atoms with Crippen molar-refractivity contribution in [1.82, 2.24) is 9.47 Å². The van der Waals surface area contributed by atoms with Crippen molar-refractivity contribution in [2.45, 2.75) is 26.8 Å². The fourth-order valence-corrected chi connectivity index (χ4v) is 5.87. The van der Waals surface area contributed by atoms with Gasteiger partial charge in [-0.25, -0.2) is 0 Å². The minimum absolute atomic E-state index is 0.0346. The molecule has 1 aromatic carbocycles. The number of piperazine rings is 1. The second-order valence-electron chi connectivity index (χ2n) is 8.78. The number of aromatic nitrogens is 1. The fraction of sp³-hybridized carbons (Fsp3) is 0.346. The fourth-order valence-electron chi connectivity index (χ4n) is 4.63. The molecule has 0 unspecified atom stereocenters. The summed E-state index contributed by atoms with van der Waals surface area (Å²) >= 11 is 6.28. The number of benzene rings is 1. The van der Waals surface area contributed by atoms with Crippen LogP contribution in [0.3, 0.4) is 0 Å². The van der Waals surface area contributed by atoms with Crippen molar-refractivity contribution in [2.75, 3.05) is 42.5 Å². The number of para-hydroxylation sites is 1. The zero-order chi connectivity index (χ0) is 26.7. The first-order valence-electron chi connectivity index (χ1n) is 12.0. The van der Waals surface area contributed by atoms with E-state index in [9.17, 15) is 24.8 Å². The van der Waals surface area contributed by atoms with Gasteiger partial charge in [0.25, 0.3) is 11.5 Å². The predicted molar refractivity (Wildman–Crippen MR) is 149 cm³/mol. The number of pyridine rings is 1. The number of carboxylic acids is 1. The van der Waals surface area contributed by atoms with E-state index in [-0.39, 0.29) is 20.3 Å². The number of thiocarbonyl (C=S) groups is 1. The van der Waals surface area contributed by atoms with Gasteiger partial charge >= 0.3 is 5.97 Å². The quantitative estimate of drug-likeness (QED) is 0.421. The molecule has 0 saturated carbocycles. The van der Waals surface area contributed by atoms with E-state index in [0.29, 0.717) is 43.0 Å². The minimum Gasteiger partial charge on any atom is -0.480 e. The SMILES string of the molecule is CCCn1c(N2CCN(c3ccccc3)CC2)c(C=C2SC(=S)N(CC(=O)O)C2=O)c(C)c(C#N)c1=O. The molecule has 2 fully saturated rings. The molecule has 0 radical (unpaired) electrons. The molecular weight excluding hydrogens is 510 g/mol. The van der Waals surface area contributed by atoms with E-state index in [2.05, 4.69) is 21.9 Å². The van der Waals surface area contributed by atoms with Gasteiger partial charge in [0.1, 0.15) is 28.3 Å². The zero-order valence-electron chi connectivity index (χ0n) is 20.6. The molecule has 2 aliphatic rings. The van der Waals surface area contributed by atoms with Crippen molar-refractivity contribution in [2.24, 2.45) is 0 Å². The van der Waals surface area contributed by atoms with Crippen molar-refractivity contribution in [1.29, 1.82) is 5.26 Å². The van der Waals surface area contributed by atoms with Crippen molar-refractivity contribution < 1.29 is 14.7 Å². The molecular formula is C26H27N5O4S2. The predicted octanol–water partition coefficient (Wildman–Crippen LogP) is 3.05. The summed E-state index contributed by atoms with van der Waals surface area (Å²) < 4.78 is 1.80. The second kappa shape index (κ2) is 11.2. The van der Waals surface area contributed by atoms with E-state index in [1.807, 2.05) is 31.2 Å². The molecule has 192 valence electrons. The molecule has 2 aliphatic heterocycles. The van der Waals surface area contributed by atoms with Gasteiger partial charge < -0.3 is 14.9 Å². The van der Waals surface area contributed by atoms with E-state index in [1.165, 1.54) is 0 Å². The number of thioether (sulfide) groups is 1. The molecule has 2 saturated heterocycles. The Morgan fingerprint density at radius 3 is 2.41 bits per heavy atom. The maximum absolute atomic E-state index is 13.4. The summed E-state index contributed by atoms with van der Waals surface area (Å²) in [4.78, 5) is 43.3. The number of hydrogen-bond acceptors (Lipinski definition) is 8. The highest BCUT2D eigenvalue weighted by molar-refractivity contribution is 8.26. The van der Waals surface area contributed by atoms with Gasteiger partial charge in [0.2, 0.25) is 0 Å². The van der Waals surface area contributed by atoms with Gasteiger partial charge in [-0.3, -0.25) is 23.9 Å². The largest absolute Gasteiger partial charge is 0.480 e. The van der Waals surface area contributed by atoms with Crippen LogP contribution in [0, 0.1) is 18.3 Å². The smallest absolute Gasteiger partial charge is 0.323 e. The number of nitriles is 1. The van der Waals surface area contributed by atoms with E-state index in [1.54, 1.807) is 17.6 Å². The molecule has 1 aromatic heterocycles. The lowest BCUT2D eigenvalue weighted by Gasteiger charge is -2.39. The first kappa shape index (κ1) is 26.4. The molecule has 4 rings (SSSR count). The van der Waals surface area contributed by atoms with Crippen molar-refractivity contribution in [3.8, 4) is 6.07 Å². The molecule has 1 N–H and O–H groups in total. The molecule has 1 amide bonds. The Morgan fingerprint density at radius 1 is 1.16 bits per heavy atom. The molecule has 9 nitrogen and oxygen atoms in total. The number of carbonyl (C=O) groups excluding carboxylic acids is 1. The van der Waals surface area contributed by atoms with Gasteiger partial charge in [0.05, 0.1) is 4.91 Å². The number of amides is 1. The van der Waals surface area contributed by atoms with Gasteiger partial charge in [-0.1, -0.05) is 49.1 Å². The minimum atomic E-state index is -1.16. The van der Waals surface area contributed by atoms with Gasteiger partial charge in [-0.05, 0) is 37.1 Å². The highest BCUT2D eigenvalue weighted by atomic mass is 32.2. The normalized spacial score (nSPS) is 17.0. The summed E-state index contributed by atoms with van der Waals surface area (Å²) in [7, 11) is 0. The topological polar surface area (TPSA) is 110 Å². The van der Waals surface area contributed by atoms with Crippen LogP contribution in [-0.2, 0) is 16.1 Å². The third-order valence-electron chi connectivity index (χ3n) is 6.44. The zero-order valence-corrected chi connectivity index (χ0v) is 22.3. The third-order valence-corrected chi connectivity index (χ3v) is 7.81. The van der Waals surface area contributed by atoms with Crippen LogP contribution in [0.5, 0.6) is 0 Å². The van der Waals surface area contributed by atoms with Crippen LogP contribution in [0.4, 0.5) is 11.5 Å². The van der Waals surface area contributed by atoms with Gasteiger partial charge in [0, 0.05) is 44.0 Å². The monoisotopic (exact) mass is 537 g/mol. The Kier molecular flexibility index (Phi) is 8.00. The van der Waals surface area contributed by atoms with E-state index < -0.39 is 18.4 Å². The van der Waals surface area contributed by atoms with Gasteiger partial charge in [0.15, 0.2) is 0 Å². The molecule has 2 aromatic rings. The van der Waals surface area contributed by atoms with Crippen molar-refractivity contribution in [3.05, 3.63) is 62.3 Å². The molecule has 37 heavy (non-hydrogen) atoms. The Bertz CT molecular complexity index is 1370. The maximum atomic E-state index is 13.4. The van der Waals surface area contributed by atoms with Crippen LogP contribution in [0.2, 0.25) is 0 Å². The summed E-state index contributed by atoms with van der Waals surface area (Å²) in [6.45, 7) is 6.34. The number of carbonyl (C=O) groups is 2. The number of rotatable bonds is 7. The van der Waals surface area contributed by atoms with Gasteiger partial charge in [-0.15, -0.1) is 0 Å². The lowest BCUT2D eigenvalue weighted by atomic mass is 10.0. The number of nitrogens with zero attached hydrogens (tertiary/aromatic N) is 5. The highest BCUT2D eigenvalue weighted by Crippen LogP contribution is 2.36. The highest BCUT2D eigenvalue weighted by Gasteiger charge is 2.34. The van der Waals surface area contributed by atoms with E-state index >= 15 is 0 Å². The molecule has 3 heterocycles. The number of carboxylic acid groups (broad SMARTS) is 1. The van der Waals surface area contributed by atoms with Gasteiger partial charge in [-0.2, -0.15) is 5.26 Å².